The molecule has 0 amide bonds. The SMILES string of the molecule is CC(C)CCc1cccc(N2CCN(CCC(C)CCc3ccccc3)CC2)c1. The average Bonchev–Trinajstić information content (AvgIpc) is 2.76. The molecule has 1 saturated heterocycles. The Balaban J connectivity index is 1.37. The Kier molecular flexibility index (Phi) is 8.61. The van der Waals surface area contributed by atoms with Gasteiger partial charge in [-0.3, -0.25) is 4.90 Å². The predicted molar refractivity (Wildman–Crippen MR) is 127 cm³/mol. The Hall–Kier alpha value is -1.80. The molecule has 0 aliphatic carbocycles. The molecule has 2 heteroatoms. The molecule has 0 spiro atoms. The van der Waals surface area contributed by atoms with E-state index in [2.05, 4.69) is 85.2 Å². The van der Waals surface area contributed by atoms with Gasteiger partial charge in [-0.25, -0.2) is 0 Å². The van der Waals surface area contributed by atoms with E-state index >= 15 is 0 Å². The van der Waals surface area contributed by atoms with Gasteiger partial charge >= 0.3 is 0 Å². The summed E-state index contributed by atoms with van der Waals surface area (Å²) in [5.74, 6) is 1.57. The second-order valence-electron chi connectivity index (χ2n) is 9.35. The van der Waals surface area contributed by atoms with Crippen LogP contribution in [0.25, 0.3) is 0 Å². The van der Waals surface area contributed by atoms with Crippen LogP contribution in [0.15, 0.2) is 54.6 Å². The molecular formula is C27H40N2. The molecule has 1 aliphatic heterocycles. The molecule has 1 atom stereocenters. The highest BCUT2D eigenvalue weighted by Crippen LogP contribution is 2.21. The minimum atomic E-state index is 0.775. The Morgan fingerprint density at radius 3 is 2.14 bits per heavy atom. The number of nitrogens with zero attached hydrogens (tertiary/aromatic N) is 2. The van der Waals surface area contributed by atoms with Gasteiger partial charge in [0, 0.05) is 31.9 Å². The Labute approximate surface area is 178 Å². The van der Waals surface area contributed by atoms with Crippen LogP contribution in [0.4, 0.5) is 5.69 Å². The van der Waals surface area contributed by atoms with Crippen LogP contribution in [-0.4, -0.2) is 37.6 Å². The van der Waals surface area contributed by atoms with Crippen LogP contribution in [0.3, 0.4) is 0 Å². The van der Waals surface area contributed by atoms with Gasteiger partial charge in [-0.1, -0.05) is 63.2 Å². The summed E-state index contributed by atoms with van der Waals surface area (Å²) in [7, 11) is 0. The molecule has 0 aromatic heterocycles. The van der Waals surface area contributed by atoms with E-state index in [9.17, 15) is 0 Å². The molecule has 0 N–H and O–H groups in total. The van der Waals surface area contributed by atoms with Crippen LogP contribution in [0.5, 0.6) is 0 Å². The fraction of sp³-hybridized carbons (Fsp3) is 0.556. The zero-order valence-corrected chi connectivity index (χ0v) is 18.8. The quantitative estimate of drug-likeness (QED) is 0.485. The van der Waals surface area contributed by atoms with Gasteiger partial charge < -0.3 is 4.90 Å². The van der Waals surface area contributed by atoms with Crippen LogP contribution in [0, 0.1) is 11.8 Å². The van der Waals surface area contributed by atoms with E-state index in [4.69, 9.17) is 0 Å². The molecule has 0 radical (unpaired) electrons. The fourth-order valence-electron chi connectivity index (χ4n) is 4.20. The number of hydrogen-bond donors (Lipinski definition) is 0. The van der Waals surface area contributed by atoms with E-state index in [-0.39, 0.29) is 0 Å². The summed E-state index contributed by atoms with van der Waals surface area (Å²) >= 11 is 0. The topological polar surface area (TPSA) is 6.48 Å². The molecule has 1 fully saturated rings. The van der Waals surface area contributed by atoms with Crippen LogP contribution < -0.4 is 4.90 Å². The van der Waals surface area contributed by atoms with Crippen molar-refractivity contribution in [3.63, 3.8) is 0 Å². The lowest BCUT2D eigenvalue weighted by atomic mass is 9.98. The third kappa shape index (κ3) is 7.51. The summed E-state index contributed by atoms with van der Waals surface area (Å²) in [6.07, 6.45) is 6.31. The van der Waals surface area contributed by atoms with E-state index in [1.165, 1.54) is 68.6 Å². The zero-order valence-electron chi connectivity index (χ0n) is 18.8. The van der Waals surface area contributed by atoms with Crippen molar-refractivity contribution in [2.45, 2.75) is 52.9 Å². The summed E-state index contributed by atoms with van der Waals surface area (Å²) in [5, 5.41) is 0. The molecule has 1 heterocycles. The normalized spacial score (nSPS) is 16.3. The van der Waals surface area contributed by atoms with E-state index in [1.807, 2.05) is 0 Å². The molecule has 158 valence electrons. The summed E-state index contributed by atoms with van der Waals surface area (Å²) in [5.41, 5.74) is 4.39. The molecule has 0 bridgehead atoms. The van der Waals surface area contributed by atoms with Crippen molar-refractivity contribution in [3.8, 4) is 0 Å². The monoisotopic (exact) mass is 392 g/mol. The van der Waals surface area contributed by atoms with Gasteiger partial charge in [-0.05, 0) is 73.7 Å². The van der Waals surface area contributed by atoms with Crippen molar-refractivity contribution in [1.82, 2.24) is 4.90 Å². The minimum Gasteiger partial charge on any atom is -0.369 e. The highest BCUT2D eigenvalue weighted by Gasteiger charge is 2.18. The Morgan fingerprint density at radius 1 is 0.724 bits per heavy atom. The smallest absolute Gasteiger partial charge is 0.0369 e. The van der Waals surface area contributed by atoms with Gasteiger partial charge in [-0.2, -0.15) is 0 Å². The fourth-order valence-corrected chi connectivity index (χ4v) is 4.20. The first-order valence-corrected chi connectivity index (χ1v) is 11.7. The van der Waals surface area contributed by atoms with E-state index in [1.54, 1.807) is 0 Å². The maximum absolute atomic E-state index is 2.66. The maximum Gasteiger partial charge on any atom is 0.0369 e. The van der Waals surface area contributed by atoms with Crippen molar-refractivity contribution < 1.29 is 0 Å². The van der Waals surface area contributed by atoms with Crippen LogP contribution in [0.1, 0.15) is 51.2 Å². The zero-order chi connectivity index (χ0) is 20.5. The molecule has 2 nitrogen and oxygen atoms in total. The summed E-state index contributed by atoms with van der Waals surface area (Å²) in [4.78, 5) is 5.24. The average molecular weight is 393 g/mol. The van der Waals surface area contributed by atoms with Crippen molar-refractivity contribution in [2.24, 2.45) is 11.8 Å². The largest absolute Gasteiger partial charge is 0.369 e. The lowest BCUT2D eigenvalue weighted by Gasteiger charge is -2.36. The van der Waals surface area contributed by atoms with Gasteiger partial charge in [0.25, 0.3) is 0 Å². The van der Waals surface area contributed by atoms with Crippen molar-refractivity contribution in [2.75, 3.05) is 37.6 Å². The second-order valence-corrected chi connectivity index (χ2v) is 9.35. The second kappa shape index (κ2) is 11.4. The van der Waals surface area contributed by atoms with Crippen molar-refractivity contribution in [3.05, 3.63) is 65.7 Å². The van der Waals surface area contributed by atoms with Crippen LogP contribution >= 0.6 is 0 Å². The molecule has 29 heavy (non-hydrogen) atoms. The molecule has 1 unspecified atom stereocenters. The van der Waals surface area contributed by atoms with E-state index < -0.39 is 0 Å². The van der Waals surface area contributed by atoms with Gasteiger partial charge in [0.05, 0.1) is 0 Å². The Bertz CT molecular complexity index is 701. The van der Waals surface area contributed by atoms with Gasteiger partial charge in [0.1, 0.15) is 0 Å². The van der Waals surface area contributed by atoms with Gasteiger partial charge in [0.15, 0.2) is 0 Å². The third-order valence-electron chi connectivity index (χ3n) is 6.37. The van der Waals surface area contributed by atoms with Gasteiger partial charge in [-0.15, -0.1) is 0 Å². The number of anilines is 1. The molecule has 0 saturated carbocycles. The molecule has 3 rings (SSSR count). The highest BCUT2D eigenvalue weighted by atomic mass is 15.3. The number of benzene rings is 2. The molecular weight excluding hydrogens is 352 g/mol. The van der Waals surface area contributed by atoms with Crippen LogP contribution in [0.2, 0.25) is 0 Å². The highest BCUT2D eigenvalue weighted by molar-refractivity contribution is 5.49. The molecule has 2 aromatic rings. The summed E-state index contributed by atoms with van der Waals surface area (Å²) in [6, 6.07) is 20.2. The number of piperazine rings is 1. The number of hydrogen-bond acceptors (Lipinski definition) is 2. The predicted octanol–water partition coefficient (Wildman–Crippen LogP) is 6.06. The first-order chi connectivity index (χ1) is 14.1. The first kappa shape index (κ1) is 21.9. The Morgan fingerprint density at radius 2 is 1.41 bits per heavy atom. The number of rotatable bonds is 10. The summed E-state index contributed by atoms with van der Waals surface area (Å²) in [6.45, 7) is 13.0. The third-order valence-corrected chi connectivity index (χ3v) is 6.37. The first-order valence-electron chi connectivity index (χ1n) is 11.7. The molecule has 1 aliphatic rings. The van der Waals surface area contributed by atoms with E-state index in [0.29, 0.717) is 0 Å². The lowest BCUT2D eigenvalue weighted by molar-refractivity contribution is 0.238. The maximum atomic E-state index is 2.66. The lowest BCUT2D eigenvalue weighted by Crippen LogP contribution is -2.46. The van der Waals surface area contributed by atoms with Crippen molar-refractivity contribution >= 4 is 5.69 Å². The summed E-state index contributed by atoms with van der Waals surface area (Å²) < 4.78 is 0. The van der Waals surface area contributed by atoms with Gasteiger partial charge in [0.2, 0.25) is 0 Å². The minimum absolute atomic E-state index is 0.775. The molecule has 2 aromatic carbocycles. The van der Waals surface area contributed by atoms with Crippen molar-refractivity contribution in [1.29, 1.82) is 0 Å². The van der Waals surface area contributed by atoms with Crippen LogP contribution in [-0.2, 0) is 12.8 Å². The number of aryl methyl sites for hydroxylation is 2. The van der Waals surface area contributed by atoms with E-state index in [0.717, 1.165) is 24.9 Å². The standard InChI is InChI=1S/C27H40N2/c1-23(2)12-14-26-10-7-11-27(22-26)29-20-18-28(19-21-29)17-16-24(3)13-15-25-8-5-4-6-9-25/h4-11,22-24H,12-21H2,1-3H3.